The maximum absolute atomic E-state index is 14.0. The summed E-state index contributed by atoms with van der Waals surface area (Å²) in [6.07, 6.45) is 3.61. The second-order valence-corrected chi connectivity index (χ2v) is 11.3. The van der Waals surface area contributed by atoms with E-state index in [4.69, 9.17) is 14.6 Å². The number of nitrogens with one attached hydrogen (secondary N) is 1. The molecule has 2 bridgehead atoms. The molecule has 4 rings (SSSR count). The Hall–Kier alpha value is -2.65. The topological polar surface area (TPSA) is 108 Å². The van der Waals surface area contributed by atoms with E-state index in [1.54, 1.807) is 11.8 Å². The molecule has 0 aliphatic carbocycles. The Balaban J connectivity index is 1.64. The van der Waals surface area contributed by atoms with Crippen LogP contribution in [0.15, 0.2) is 24.3 Å². The second-order valence-electron chi connectivity index (χ2n) is 11.3. The zero-order valence-electron chi connectivity index (χ0n) is 24.1. The summed E-state index contributed by atoms with van der Waals surface area (Å²) in [4.78, 5) is 45.1. The van der Waals surface area contributed by atoms with Crippen LogP contribution in [0.3, 0.4) is 0 Å². The van der Waals surface area contributed by atoms with Gasteiger partial charge in [-0.1, -0.05) is 19.8 Å². The zero-order chi connectivity index (χ0) is 28.4. The van der Waals surface area contributed by atoms with Gasteiger partial charge in [-0.15, -0.1) is 0 Å². The molecule has 1 spiro atoms. The molecule has 1 aromatic carbocycles. The van der Waals surface area contributed by atoms with Crippen molar-refractivity contribution in [3.63, 3.8) is 0 Å². The third-order valence-electron chi connectivity index (χ3n) is 9.17. The third kappa shape index (κ3) is 5.04. The minimum absolute atomic E-state index is 0.0240. The van der Waals surface area contributed by atoms with Gasteiger partial charge in [-0.3, -0.25) is 14.4 Å². The first kappa shape index (κ1) is 29.3. The van der Waals surface area contributed by atoms with Crippen molar-refractivity contribution in [1.82, 2.24) is 4.90 Å². The van der Waals surface area contributed by atoms with E-state index in [1.165, 1.54) is 0 Å². The van der Waals surface area contributed by atoms with Crippen LogP contribution in [-0.2, 0) is 23.9 Å². The molecular weight excluding hydrogens is 498 g/mol. The molecule has 2 N–H and O–H groups in total. The van der Waals surface area contributed by atoms with Gasteiger partial charge < -0.3 is 29.7 Å². The number of amides is 2. The number of esters is 1. The number of carbonyl (C=O) groups is 3. The number of fused-ring (bicyclic) bond motifs is 1. The molecule has 3 aliphatic heterocycles. The van der Waals surface area contributed by atoms with E-state index < -0.39 is 35.0 Å². The Bertz CT molecular complexity index is 1040. The van der Waals surface area contributed by atoms with Crippen LogP contribution in [-0.4, -0.2) is 77.9 Å². The van der Waals surface area contributed by atoms with Gasteiger partial charge in [0.1, 0.15) is 17.6 Å². The summed E-state index contributed by atoms with van der Waals surface area (Å²) >= 11 is 0. The fourth-order valence-electron chi connectivity index (χ4n) is 7.17. The lowest BCUT2D eigenvalue weighted by Gasteiger charge is -2.35. The average molecular weight is 544 g/mol. The lowest BCUT2D eigenvalue weighted by molar-refractivity contribution is -0.160. The van der Waals surface area contributed by atoms with E-state index in [1.807, 2.05) is 38.1 Å². The predicted molar refractivity (Wildman–Crippen MR) is 149 cm³/mol. The van der Waals surface area contributed by atoms with Crippen molar-refractivity contribution in [2.75, 3.05) is 43.1 Å². The summed E-state index contributed by atoms with van der Waals surface area (Å²) in [5.74, 6) is -2.46. The van der Waals surface area contributed by atoms with E-state index in [9.17, 15) is 14.4 Å². The molecule has 3 unspecified atom stereocenters. The molecule has 3 fully saturated rings. The molecule has 2 amide bonds. The molecule has 39 heavy (non-hydrogen) atoms. The molecule has 3 saturated heterocycles. The second kappa shape index (κ2) is 11.8. The highest BCUT2D eigenvalue weighted by Gasteiger charge is 2.80. The number of aliphatic hydroxyl groups excluding tert-OH is 1. The third-order valence-corrected chi connectivity index (χ3v) is 9.17. The predicted octanol–water partition coefficient (Wildman–Crippen LogP) is 3.60. The first-order valence-corrected chi connectivity index (χ1v) is 14.6. The van der Waals surface area contributed by atoms with Gasteiger partial charge in [0.2, 0.25) is 11.8 Å². The van der Waals surface area contributed by atoms with Crippen molar-refractivity contribution < 1.29 is 29.0 Å². The summed E-state index contributed by atoms with van der Waals surface area (Å²) in [5, 5.41) is 12.2. The molecule has 1 aromatic rings. The molecule has 0 radical (unpaired) electrons. The lowest BCUT2D eigenvalue weighted by Crippen LogP contribution is -2.54. The van der Waals surface area contributed by atoms with E-state index in [2.05, 4.69) is 24.1 Å². The Kier molecular flexibility index (Phi) is 8.91. The molecule has 3 aliphatic rings. The summed E-state index contributed by atoms with van der Waals surface area (Å²) in [7, 11) is 0. The number of rotatable bonds is 13. The number of hydrogen-bond acceptors (Lipinski definition) is 7. The van der Waals surface area contributed by atoms with E-state index in [-0.39, 0.29) is 30.9 Å². The maximum Gasteiger partial charge on any atom is 0.312 e. The van der Waals surface area contributed by atoms with Crippen molar-refractivity contribution in [2.45, 2.75) is 84.0 Å². The van der Waals surface area contributed by atoms with Crippen molar-refractivity contribution >= 4 is 29.2 Å². The number of nitrogens with zero attached hydrogens (tertiary/aromatic N) is 2. The minimum atomic E-state index is -1.08. The van der Waals surface area contributed by atoms with Crippen molar-refractivity contribution in [1.29, 1.82) is 0 Å². The first-order valence-electron chi connectivity index (χ1n) is 14.6. The van der Waals surface area contributed by atoms with Gasteiger partial charge in [0.25, 0.3) is 0 Å². The van der Waals surface area contributed by atoms with Crippen LogP contribution in [0.5, 0.6) is 0 Å². The van der Waals surface area contributed by atoms with E-state index in [0.29, 0.717) is 31.5 Å². The number of anilines is 2. The van der Waals surface area contributed by atoms with Crippen LogP contribution in [0.2, 0.25) is 0 Å². The number of likely N-dealkylation sites (tertiary alicyclic amines) is 1. The molecule has 9 heteroatoms. The smallest absolute Gasteiger partial charge is 0.312 e. The van der Waals surface area contributed by atoms with E-state index in [0.717, 1.165) is 31.6 Å². The van der Waals surface area contributed by atoms with Crippen LogP contribution in [0, 0.1) is 17.8 Å². The number of ether oxygens (including phenoxy) is 2. The molecule has 3 heterocycles. The average Bonchev–Trinajstić information content (AvgIpc) is 3.42. The highest BCUT2D eigenvalue weighted by Crippen LogP contribution is 2.65. The van der Waals surface area contributed by atoms with Gasteiger partial charge in [0.15, 0.2) is 0 Å². The molecular formula is C30H45N3O6. The Morgan fingerprint density at radius 3 is 2.41 bits per heavy atom. The minimum Gasteiger partial charge on any atom is -0.466 e. The van der Waals surface area contributed by atoms with Crippen LogP contribution < -0.4 is 10.2 Å². The summed E-state index contributed by atoms with van der Waals surface area (Å²) < 4.78 is 12.1. The quantitative estimate of drug-likeness (QED) is 0.289. The summed E-state index contributed by atoms with van der Waals surface area (Å²) in [6, 6.07) is 6.89. The summed E-state index contributed by atoms with van der Waals surface area (Å²) in [5.41, 5.74) is -0.225. The highest BCUT2D eigenvalue weighted by molar-refractivity contribution is 6.03. The molecule has 0 saturated carbocycles. The zero-order valence-corrected chi connectivity index (χ0v) is 24.1. The molecule has 9 nitrogen and oxygen atoms in total. The molecule has 6 atom stereocenters. The van der Waals surface area contributed by atoms with Gasteiger partial charge in [0, 0.05) is 37.6 Å². The fraction of sp³-hybridized carbons (Fsp3) is 0.700. The van der Waals surface area contributed by atoms with Crippen molar-refractivity contribution in [2.24, 2.45) is 17.8 Å². The lowest BCUT2D eigenvalue weighted by atomic mass is 9.62. The van der Waals surface area contributed by atoms with Crippen LogP contribution >= 0.6 is 0 Å². The normalized spacial score (nSPS) is 30.9. The SMILES string of the molecule is CCOC(=O)[C@@H]1[C@H]2C(=O)N(CCCCCCO)C(C(=O)Nc3ccc(N(CC)CC)cc3)C23CC(C)[C@@]1(C)O3. The largest absolute Gasteiger partial charge is 0.466 e. The molecule has 0 aromatic heterocycles. The van der Waals surface area contributed by atoms with Gasteiger partial charge in [0.05, 0.1) is 18.1 Å². The Morgan fingerprint density at radius 2 is 1.79 bits per heavy atom. The number of aliphatic hydroxyl groups is 1. The first-order chi connectivity index (χ1) is 18.7. The van der Waals surface area contributed by atoms with Crippen molar-refractivity contribution in [3.8, 4) is 0 Å². The Labute approximate surface area is 232 Å². The number of carbonyl (C=O) groups excluding carboxylic acids is 3. The molecule has 216 valence electrons. The van der Waals surface area contributed by atoms with Crippen LogP contribution in [0.25, 0.3) is 0 Å². The highest BCUT2D eigenvalue weighted by atomic mass is 16.6. The van der Waals surface area contributed by atoms with Gasteiger partial charge in [-0.25, -0.2) is 0 Å². The Morgan fingerprint density at radius 1 is 1.13 bits per heavy atom. The fourth-order valence-corrected chi connectivity index (χ4v) is 7.17. The maximum atomic E-state index is 14.0. The van der Waals surface area contributed by atoms with Crippen LogP contribution in [0.1, 0.15) is 66.7 Å². The standard InChI is InChI=1S/C30H45N3O6/c1-6-32(7-2)22-15-13-21(14-16-22)31-26(35)25-30-19-20(4)29(5,39-30)24(28(37)38-8-3)23(30)27(36)33(25)17-11-9-10-12-18-34/h13-16,20,23-25,34H,6-12,17-19H2,1-5H3,(H,31,35)/t20?,23-,24-,25?,29+,30?/m0/s1. The van der Waals surface area contributed by atoms with Gasteiger partial charge in [-0.05, 0) is 77.1 Å². The van der Waals surface area contributed by atoms with E-state index >= 15 is 0 Å². The van der Waals surface area contributed by atoms with Crippen LogP contribution in [0.4, 0.5) is 11.4 Å². The van der Waals surface area contributed by atoms with Gasteiger partial charge in [-0.2, -0.15) is 0 Å². The monoisotopic (exact) mass is 543 g/mol. The number of unbranched alkanes of at least 4 members (excludes halogenated alkanes) is 3. The number of benzene rings is 1. The van der Waals surface area contributed by atoms with Gasteiger partial charge >= 0.3 is 5.97 Å². The number of hydrogen-bond donors (Lipinski definition) is 2. The summed E-state index contributed by atoms with van der Waals surface area (Å²) in [6.45, 7) is 12.4. The van der Waals surface area contributed by atoms with Crippen molar-refractivity contribution in [3.05, 3.63) is 24.3 Å².